The van der Waals surface area contributed by atoms with Crippen LogP contribution in [0.15, 0.2) is 30.9 Å². The molecule has 0 saturated carbocycles. The van der Waals surface area contributed by atoms with Gasteiger partial charge in [-0.3, -0.25) is 14.2 Å². The van der Waals surface area contributed by atoms with Crippen LogP contribution in [0.5, 0.6) is 11.5 Å². The Morgan fingerprint density at radius 2 is 1.74 bits per heavy atom. The first-order valence-electron chi connectivity index (χ1n) is 10.3. The minimum Gasteiger partial charge on any atom is -0.427 e. The van der Waals surface area contributed by atoms with Crippen LogP contribution in [0.25, 0.3) is 11.2 Å². The molecular formula is C21H23N5O8. The molecule has 1 aromatic carbocycles. The second-order valence-electron chi connectivity index (χ2n) is 7.63. The van der Waals surface area contributed by atoms with Crippen LogP contribution in [0, 0.1) is 0 Å². The number of ether oxygens (including phenoxy) is 3. The Hall–Kier alpha value is -3.65. The minimum atomic E-state index is -1.29. The summed E-state index contributed by atoms with van der Waals surface area (Å²) in [5.41, 5.74) is 1.34. The van der Waals surface area contributed by atoms with Gasteiger partial charge in [-0.1, -0.05) is 0 Å². The van der Waals surface area contributed by atoms with E-state index < -0.39 is 43.1 Å². The molecule has 34 heavy (non-hydrogen) atoms. The van der Waals surface area contributed by atoms with Gasteiger partial charge in [-0.2, -0.15) is 0 Å². The van der Waals surface area contributed by atoms with Gasteiger partial charge in [0.25, 0.3) is 0 Å². The number of anilines is 1. The van der Waals surface area contributed by atoms with E-state index >= 15 is 0 Å². The number of esters is 2. The number of carbonyl (C=O) groups is 2. The molecule has 1 aliphatic heterocycles. The number of hydrogen-bond acceptors (Lipinski definition) is 12. The summed E-state index contributed by atoms with van der Waals surface area (Å²) in [5, 5.41) is 32.8. The summed E-state index contributed by atoms with van der Waals surface area (Å²) in [6.07, 6.45) is -1.79. The third-order valence-electron chi connectivity index (χ3n) is 5.07. The molecule has 4 N–H and O–H groups in total. The zero-order valence-corrected chi connectivity index (χ0v) is 18.3. The molecule has 0 radical (unpaired) electrons. The molecule has 3 aromatic rings. The Bertz CT molecular complexity index is 1180. The molecule has 13 heteroatoms. The van der Waals surface area contributed by atoms with Gasteiger partial charge in [0.05, 0.1) is 12.9 Å². The van der Waals surface area contributed by atoms with Gasteiger partial charge >= 0.3 is 11.9 Å². The Labute approximate surface area is 192 Å². The monoisotopic (exact) mass is 473 g/mol. The first-order valence-corrected chi connectivity index (χ1v) is 10.3. The van der Waals surface area contributed by atoms with Crippen molar-refractivity contribution in [3.63, 3.8) is 0 Å². The highest BCUT2D eigenvalue weighted by molar-refractivity contribution is 5.82. The van der Waals surface area contributed by atoms with Crippen molar-refractivity contribution in [2.75, 3.05) is 11.9 Å². The van der Waals surface area contributed by atoms with E-state index in [1.807, 2.05) is 0 Å². The fraction of sp³-hybridized carbons (Fsp3) is 0.381. The van der Waals surface area contributed by atoms with E-state index in [-0.39, 0.29) is 18.0 Å². The van der Waals surface area contributed by atoms with Gasteiger partial charge in [0, 0.05) is 26.5 Å². The highest BCUT2D eigenvalue weighted by Crippen LogP contribution is 2.32. The van der Waals surface area contributed by atoms with Gasteiger partial charge in [0.1, 0.15) is 36.1 Å². The average Bonchev–Trinajstić information content (AvgIpc) is 3.32. The van der Waals surface area contributed by atoms with Gasteiger partial charge in [-0.15, -0.1) is 0 Å². The molecule has 2 aromatic heterocycles. The summed E-state index contributed by atoms with van der Waals surface area (Å²) >= 11 is 0. The number of hydrogen-bond donors (Lipinski definition) is 4. The fourth-order valence-electron chi connectivity index (χ4n) is 3.65. The molecule has 180 valence electrons. The van der Waals surface area contributed by atoms with Crippen molar-refractivity contribution in [2.24, 2.45) is 0 Å². The Kier molecular flexibility index (Phi) is 6.70. The second kappa shape index (κ2) is 9.69. The van der Waals surface area contributed by atoms with Gasteiger partial charge in [-0.25, -0.2) is 15.0 Å². The topological polar surface area (TPSA) is 178 Å². The van der Waals surface area contributed by atoms with Gasteiger partial charge in [0.15, 0.2) is 23.2 Å². The number of nitrogens with zero attached hydrogens (tertiary/aromatic N) is 4. The number of aliphatic hydroxyl groups excluding tert-OH is 3. The predicted molar refractivity (Wildman–Crippen MR) is 115 cm³/mol. The van der Waals surface area contributed by atoms with E-state index in [9.17, 15) is 24.9 Å². The Morgan fingerprint density at radius 3 is 2.32 bits per heavy atom. The van der Waals surface area contributed by atoms with Crippen LogP contribution in [-0.2, 0) is 20.9 Å². The van der Waals surface area contributed by atoms with Gasteiger partial charge < -0.3 is 34.8 Å². The molecule has 4 atom stereocenters. The summed E-state index contributed by atoms with van der Waals surface area (Å²) in [6, 6.07) is 4.65. The van der Waals surface area contributed by atoms with E-state index in [4.69, 9.17) is 14.2 Å². The molecule has 1 fully saturated rings. The van der Waals surface area contributed by atoms with Crippen molar-refractivity contribution in [3.8, 4) is 11.5 Å². The predicted octanol–water partition coefficient (Wildman–Crippen LogP) is -0.0995. The third-order valence-corrected chi connectivity index (χ3v) is 5.07. The van der Waals surface area contributed by atoms with E-state index in [1.54, 1.807) is 12.1 Å². The number of fused-ring (bicyclic) bond motifs is 1. The lowest BCUT2D eigenvalue weighted by Gasteiger charge is -2.16. The lowest BCUT2D eigenvalue weighted by molar-refractivity contribution is -0.132. The SMILES string of the molecule is CC(=O)Oc1cc(CNc2ncnc3c2ncn3C2O[C@H](CO)[C@@H](O)[C@H]2O)cc(OC(C)=O)c1. The van der Waals surface area contributed by atoms with E-state index in [1.165, 1.54) is 37.1 Å². The largest absolute Gasteiger partial charge is 0.427 e. The maximum atomic E-state index is 11.3. The molecule has 0 amide bonds. The molecule has 1 unspecified atom stereocenters. The molecule has 4 rings (SSSR count). The van der Waals surface area contributed by atoms with E-state index in [2.05, 4.69) is 20.3 Å². The summed E-state index contributed by atoms with van der Waals surface area (Å²) in [6.45, 7) is 2.27. The normalized spacial score (nSPS) is 22.0. The fourth-order valence-corrected chi connectivity index (χ4v) is 3.65. The first kappa shape index (κ1) is 23.5. The zero-order chi connectivity index (χ0) is 24.4. The molecule has 3 heterocycles. The highest BCUT2D eigenvalue weighted by atomic mass is 16.6. The van der Waals surface area contributed by atoms with Crippen LogP contribution in [0.4, 0.5) is 5.82 Å². The summed E-state index contributed by atoms with van der Waals surface area (Å²) in [7, 11) is 0. The van der Waals surface area contributed by atoms with Crippen LogP contribution >= 0.6 is 0 Å². The number of benzene rings is 1. The standard InChI is InChI=1S/C21H23N5O8/c1-10(28)32-13-3-12(4-14(5-13)33-11(2)29)6-22-19-16-20(24-8-23-19)26(9-25-16)21-18(31)17(30)15(7-27)34-21/h3-5,8-9,15,17-18,21,27,30-31H,6-7H2,1-2H3,(H,22,23,24)/t15-,17-,18-,21?/m1/s1. The number of nitrogens with one attached hydrogen (secondary N) is 1. The van der Waals surface area contributed by atoms with Crippen molar-refractivity contribution in [3.05, 3.63) is 36.4 Å². The molecule has 1 aliphatic rings. The highest BCUT2D eigenvalue weighted by Gasteiger charge is 2.44. The maximum Gasteiger partial charge on any atom is 0.308 e. The smallest absolute Gasteiger partial charge is 0.308 e. The zero-order valence-electron chi connectivity index (χ0n) is 18.3. The number of imidazole rings is 1. The number of carbonyl (C=O) groups excluding carboxylic acids is 2. The quantitative estimate of drug-likeness (QED) is 0.265. The second-order valence-corrected chi connectivity index (χ2v) is 7.63. The summed E-state index contributed by atoms with van der Waals surface area (Å²) in [5.74, 6) is -0.255. The first-order chi connectivity index (χ1) is 16.3. The van der Waals surface area contributed by atoms with Crippen LogP contribution in [-0.4, -0.2) is 71.7 Å². The van der Waals surface area contributed by atoms with Crippen molar-refractivity contribution >= 4 is 28.9 Å². The lowest BCUT2D eigenvalue weighted by Crippen LogP contribution is -2.33. The van der Waals surface area contributed by atoms with Crippen LogP contribution in [0.3, 0.4) is 0 Å². The summed E-state index contributed by atoms with van der Waals surface area (Å²) < 4.78 is 17.2. The molecular weight excluding hydrogens is 450 g/mol. The number of rotatable bonds is 7. The van der Waals surface area contributed by atoms with Crippen LogP contribution < -0.4 is 14.8 Å². The Morgan fingerprint density at radius 1 is 1.06 bits per heavy atom. The molecule has 0 bridgehead atoms. The third kappa shape index (κ3) is 4.82. The van der Waals surface area contributed by atoms with E-state index in [0.29, 0.717) is 22.5 Å². The minimum absolute atomic E-state index is 0.205. The van der Waals surface area contributed by atoms with Crippen molar-refractivity contribution in [2.45, 2.75) is 44.9 Å². The lowest BCUT2D eigenvalue weighted by atomic mass is 10.1. The number of aliphatic hydroxyl groups is 3. The Balaban J connectivity index is 1.58. The molecule has 1 saturated heterocycles. The van der Waals surface area contributed by atoms with E-state index in [0.717, 1.165) is 0 Å². The van der Waals surface area contributed by atoms with Gasteiger partial charge in [0.2, 0.25) is 0 Å². The van der Waals surface area contributed by atoms with Crippen LogP contribution in [0.2, 0.25) is 0 Å². The van der Waals surface area contributed by atoms with Gasteiger partial charge in [-0.05, 0) is 17.7 Å². The molecule has 0 spiro atoms. The molecule has 13 nitrogen and oxygen atoms in total. The van der Waals surface area contributed by atoms with Crippen molar-refractivity contribution in [1.82, 2.24) is 19.5 Å². The van der Waals surface area contributed by atoms with Crippen molar-refractivity contribution in [1.29, 1.82) is 0 Å². The van der Waals surface area contributed by atoms with Crippen LogP contribution in [0.1, 0.15) is 25.6 Å². The molecule has 0 aliphatic carbocycles. The average molecular weight is 473 g/mol. The number of aromatic nitrogens is 4. The van der Waals surface area contributed by atoms with Crippen molar-refractivity contribution < 1.29 is 39.1 Å². The summed E-state index contributed by atoms with van der Waals surface area (Å²) in [4.78, 5) is 35.4. The maximum absolute atomic E-state index is 11.3.